The topological polar surface area (TPSA) is 41.1 Å². The second kappa shape index (κ2) is 7.31. The number of carbonyl (C=O) groups is 1. The number of rotatable bonds is 2. The van der Waals surface area contributed by atoms with Crippen LogP contribution in [0.1, 0.15) is 23.7 Å². The van der Waals surface area contributed by atoms with Crippen molar-refractivity contribution < 1.29 is 4.79 Å². The highest BCUT2D eigenvalue weighted by atomic mass is 127. The van der Waals surface area contributed by atoms with E-state index in [2.05, 4.69) is 40.1 Å². The lowest BCUT2D eigenvalue weighted by atomic mass is 9.94. The first-order chi connectivity index (χ1) is 8.16. The molecule has 1 aliphatic heterocycles. The third kappa shape index (κ3) is 4.10. The average molecular weight is 381 g/mol. The lowest BCUT2D eigenvalue weighted by molar-refractivity contribution is 0.0915. The Bertz CT molecular complexity index is 396. The molecule has 1 heterocycles. The van der Waals surface area contributed by atoms with E-state index < -0.39 is 0 Å². The molecule has 2 unspecified atom stereocenters. The summed E-state index contributed by atoms with van der Waals surface area (Å²) < 4.78 is 1.15. The van der Waals surface area contributed by atoms with Crippen LogP contribution in [0.25, 0.3) is 0 Å². The summed E-state index contributed by atoms with van der Waals surface area (Å²) in [6.07, 6.45) is 1.12. The van der Waals surface area contributed by atoms with Gasteiger partial charge >= 0.3 is 0 Å². The second-order valence-corrected chi connectivity index (χ2v) is 5.80. The maximum atomic E-state index is 12.0. The smallest absolute Gasteiger partial charge is 0.251 e. The molecule has 1 fully saturated rings. The number of halogens is 2. The molecule has 5 heteroatoms. The van der Waals surface area contributed by atoms with Crippen molar-refractivity contribution in [3.8, 4) is 0 Å². The van der Waals surface area contributed by atoms with Crippen LogP contribution >= 0.6 is 35.0 Å². The summed E-state index contributed by atoms with van der Waals surface area (Å²) in [7, 11) is 0. The Morgan fingerprint density at radius 1 is 1.39 bits per heavy atom. The van der Waals surface area contributed by atoms with Crippen molar-refractivity contribution in [1.29, 1.82) is 0 Å². The highest BCUT2D eigenvalue weighted by molar-refractivity contribution is 14.1. The molecule has 3 nitrogen and oxygen atoms in total. The molecule has 1 saturated heterocycles. The van der Waals surface area contributed by atoms with Gasteiger partial charge in [-0.05, 0) is 65.7 Å². The maximum absolute atomic E-state index is 12.0. The van der Waals surface area contributed by atoms with Crippen LogP contribution in [0.5, 0.6) is 0 Å². The van der Waals surface area contributed by atoms with Crippen molar-refractivity contribution in [1.82, 2.24) is 10.6 Å². The molecular formula is C13H18ClIN2O. The van der Waals surface area contributed by atoms with E-state index in [0.29, 0.717) is 5.92 Å². The molecule has 18 heavy (non-hydrogen) atoms. The van der Waals surface area contributed by atoms with E-state index in [9.17, 15) is 4.79 Å². The van der Waals surface area contributed by atoms with Gasteiger partial charge in [0.05, 0.1) is 0 Å². The van der Waals surface area contributed by atoms with Crippen molar-refractivity contribution in [2.24, 2.45) is 5.92 Å². The SMILES string of the molecule is CC1CCNCC1NC(=O)c1ccc(I)cc1.Cl. The number of benzene rings is 1. The van der Waals surface area contributed by atoms with Gasteiger partial charge in [0, 0.05) is 21.7 Å². The van der Waals surface area contributed by atoms with Gasteiger partial charge in [-0.15, -0.1) is 12.4 Å². The van der Waals surface area contributed by atoms with Crippen molar-refractivity contribution in [3.05, 3.63) is 33.4 Å². The Hall–Kier alpha value is -0.330. The molecule has 2 N–H and O–H groups in total. The third-order valence-electron chi connectivity index (χ3n) is 3.25. The van der Waals surface area contributed by atoms with Gasteiger partial charge in [-0.25, -0.2) is 0 Å². The minimum Gasteiger partial charge on any atom is -0.348 e. The van der Waals surface area contributed by atoms with Crippen LogP contribution in [-0.4, -0.2) is 25.0 Å². The molecule has 0 aromatic heterocycles. The summed E-state index contributed by atoms with van der Waals surface area (Å²) >= 11 is 2.24. The Kier molecular flexibility index (Phi) is 6.38. The van der Waals surface area contributed by atoms with Gasteiger partial charge in [-0.3, -0.25) is 4.79 Å². The lowest BCUT2D eigenvalue weighted by Crippen LogP contribution is -2.50. The average Bonchev–Trinajstić information content (AvgIpc) is 2.33. The zero-order valence-corrected chi connectivity index (χ0v) is 13.3. The number of hydrogen-bond donors (Lipinski definition) is 2. The highest BCUT2D eigenvalue weighted by Gasteiger charge is 2.22. The van der Waals surface area contributed by atoms with E-state index in [-0.39, 0.29) is 24.4 Å². The van der Waals surface area contributed by atoms with Crippen molar-refractivity contribution in [2.45, 2.75) is 19.4 Å². The van der Waals surface area contributed by atoms with Crippen molar-refractivity contribution in [2.75, 3.05) is 13.1 Å². The Morgan fingerprint density at radius 3 is 2.67 bits per heavy atom. The number of amides is 1. The summed E-state index contributed by atoms with van der Waals surface area (Å²) in [5.74, 6) is 0.575. The number of carbonyl (C=O) groups excluding carboxylic acids is 1. The predicted molar refractivity (Wildman–Crippen MR) is 84.3 cm³/mol. The van der Waals surface area contributed by atoms with Gasteiger partial charge in [0.15, 0.2) is 0 Å². The molecule has 100 valence electrons. The first kappa shape index (κ1) is 15.7. The fourth-order valence-electron chi connectivity index (χ4n) is 2.04. The predicted octanol–water partition coefficient (Wildman–Crippen LogP) is 2.44. The molecule has 1 amide bonds. The first-order valence-electron chi connectivity index (χ1n) is 5.94. The normalized spacial score (nSPS) is 23.0. The van der Waals surface area contributed by atoms with Crippen LogP contribution in [0, 0.1) is 9.49 Å². The van der Waals surface area contributed by atoms with Gasteiger partial charge in [-0.2, -0.15) is 0 Å². The molecule has 0 aliphatic carbocycles. The van der Waals surface area contributed by atoms with Crippen LogP contribution < -0.4 is 10.6 Å². The van der Waals surface area contributed by atoms with E-state index in [1.54, 1.807) is 0 Å². The third-order valence-corrected chi connectivity index (χ3v) is 3.97. The molecule has 0 radical (unpaired) electrons. The molecular weight excluding hydrogens is 363 g/mol. The Morgan fingerprint density at radius 2 is 2.06 bits per heavy atom. The van der Waals surface area contributed by atoms with Gasteiger partial charge in [0.2, 0.25) is 0 Å². The fourth-order valence-corrected chi connectivity index (χ4v) is 2.40. The maximum Gasteiger partial charge on any atom is 0.251 e. The van der Waals surface area contributed by atoms with Gasteiger partial charge in [-0.1, -0.05) is 6.92 Å². The van der Waals surface area contributed by atoms with E-state index >= 15 is 0 Å². The van der Waals surface area contributed by atoms with Crippen LogP contribution in [0.4, 0.5) is 0 Å². The largest absolute Gasteiger partial charge is 0.348 e. The van der Waals surface area contributed by atoms with Crippen LogP contribution in [0.15, 0.2) is 24.3 Å². The number of piperidine rings is 1. The molecule has 2 rings (SSSR count). The molecule has 1 aromatic carbocycles. The van der Waals surface area contributed by atoms with Crippen LogP contribution in [-0.2, 0) is 0 Å². The summed E-state index contributed by atoms with van der Waals surface area (Å²) in [6.45, 7) is 4.12. The molecule has 0 spiro atoms. The summed E-state index contributed by atoms with van der Waals surface area (Å²) in [5, 5.41) is 6.42. The molecule has 1 aliphatic rings. The Balaban J connectivity index is 0.00000162. The minimum absolute atomic E-state index is 0. The molecule has 2 atom stereocenters. The quantitative estimate of drug-likeness (QED) is 0.774. The van der Waals surface area contributed by atoms with Gasteiger partial charge < -0.3 is 10.6 Å². The van der Waals surface area contributed by atoms with E-state index in [4.69, 9.17) is 0 Å². The highest BCUT2D eigenvalue weighted by Crippen LogP contribution is 2.12. The number of hydrogen-bond acceptors (Lipinski definition) is 2. The Labute approximate surface area is 128 Å². The second-order valence-electron chi connectivity index (χ2n) is 4.56. The molecule has 0 bridgehead atoms. The monoisotopic (exact) mass is 380 g/mol. The summed E-state index contributed by atoms with van der Waals surface area (Å²) in [5.41, 5.74) is 0.739. The lowest BCUT2D eigenvalue weighted by Gasteiger charge is -2.30. The minimum atomic E-state index is 0. The van der Waals surface area contributed by atoms with Crippen LogP contribution in [0.3, 0.4) is 0 Å². The van der Waals surface area contributed by atoms with Crippen molar-refractivity contribution in [3.63, 3.8) is 0 Å². The van der Waals surface area contributed by atoms with Gasteiger partial charge in [0.1, 0.15) is 0 Å². The zero-order valence-electron chi connectivity index (χ0n) is 10.3. The summed E-state index contributed by atoms with van der Waals surface area (Å²) in [4.78, 5) is 12.0. The van der Waals surface area contributed by atoms with Crippen molar-refractivity contribution >= 4 is 40.9 Å². The van der Waals surface area contributed by atoms with E-state index in [1.165, 1.54) is 0 Å². The molecule has 1 aromatic rings. The van der Waals surface area contributed by atoms with Crippen LogP contribution in [0.2, 0.25) is 0 Å². The standard InChI is InChI=1S/C13H17IN2O.ClH/c1-9-6-7-15-8-12(9)16-13(17)10-2-4-11(14)5-3-10;/h2-5,9,12,15H,6-8H2,1H3,(H,16,17);1H. The molecule has 0 saturated carbocycles. The summed E-state index contributed by atoms with van der Waals surface area (Å²) in [6, 6.07) is 7.90. The zero-order chi connectivity index (χ0) is 12.3. The fraction of sp³-hybridized carbons (Fsp3) is 0.462. The van der Waals surface area contributed by atoms with Gasteiger partial charge in [0.25, 0.3) is 5.91 Å². The van der Waals surface area contributed by atoms with E-state index in [1.807, 2.05) is 24.3 Å². The van der Waals surface area contributed by atoms with E-state index in [0.717, 1.165) is 28.6 Å². The first-order valence-corrected chi connectivity index (χ1v) is 7.02. The number of nitrogens with one attached hydrogen (secondary N) is 2.